The average molecular weight is 139 g/mol. The summed E-state index contributed by atoms with van der Waals surface area (Å²) >= 11 is 0. The van der Waals surface area contributed by atoms with Crippen molar-refractivity contribution in [3.63, 3.8) is 0 Å². The summed E-state index contributed by atoms with van der Waals surface area (Å²) in [4.78, 5) is 10.4. The molecule has 0 aromatic heterocycles. The zero-order valence-electron chi connectivity index (χ0n) is 5.79. The van der Waals surface area contributed by atoms with Crippen LogP contribution in [0.2, 0.25) is 0 Å². The lowest BCUT2D eigenvalue weighted by Crippen LogP contribution is -2.23. The Kier molecular flexibility index (Phi) is 2.63. The molecule has 0 fully saturated rings. The standard InChI is InChI=1S/C7H9NO2/c1-3-7(2,4-5-8)6(9)10/h3H,1,4H2,2H3,(H,9,10). The van der Waals surface area contributed by atoms with E-state index in [9.17, 15) is 4.79 Å². The van der Waals surface area contributed by atoms with Crippen LogP contribution in [0.15, 0.2) is 12.7 Å². The third-order valence-corrected chi connectivity index (χ3v) is 1.39. The van der Waals surface area contributed by atoms with E-state index in [1.807, 2.05) is 0 Å². The van der Waals surface area contributed by atoms with Crippen LogP contribution in [0.4, 0.5) is 0 Å². The van der Waals surface area contributed by atoms with Gasteiger partial charge in [0.25, 0.3) is 0 Å². The van der Waals surface area contributed by atoms with E-state index in [-0.39, 0.29) is 6.42 Å². The lowest BCUT2D eigenvalue weighted by atomic mass is 9.88. The molecular formula is C7H9NO2. The number of nitrogens with zero attached hydrogens (tertiary/aromatic N) is 1. The Bertz CT molecular complexity index is 192. The van der Waals surface area contributed by atoms with Gasteiger partial charge < -0.3 is 5.11 Å². The van der Waals surface area contributed by atoms with Gasteiger partial charge in [0.1, 0.15) is 0 Å². The number of aliphatic carboxylic acids is 1. The molecule has 0 aliphatic carbocycles. The van der Waals surface area contributed by atoms with Crippen molar-refractivity contribution in [3.05, 3.63) is 12.7 Å². The van der Waals surface area contributed by atoms with Crippen molar-refractivity contribution in [1.29, 1.82) is 5.26 Å². The summed E-state index contributed by atoms with van der Waals surface area (Å²) in [6, 6.07) is 1.79. The predicted molar refractivity (Wildman–Crippen MR) is 36.2 cm³/mol. The van der Waals surface area contributed by atoms with Gasteiger partial charge in [-0.15, -0.1) is 6.58 Å². The van der Waals surface area contributed by atoms with Crippen LogP contribution in [-0.4, -0.2) is 11.1 Å². The van der Waals surface area contributed by atoms with E-state index in [4.69, 9.17) is 10.4 Å². The van der Waals surface area contributed by atoms with Crippen LogP contribution in [0.3, 0.4) is 0 Å². The van der Waals surface area contributed by atoms with Crippen molar-refractivity contribution < 1.29 is 9.90 Å². The maximum Gasteiger partial charge on any atom is 0.314 e. The summed E-state index contributed by atoms with van der Waals surface area (Å²) in [5, 5.41) is 16.8. The van der Waals surface area contributed by atoms with Gasteiger partial charge >= 0.3 is 5.97 Å². The van der Waals surface area contributed by atoms with Crippen LogP contribution in [0.5, 0.6) is 0 Å². The zero-order chi connectivity index (χ0) is 8.20. The first-order chi connectivity index (χ1) is 4.56. The van der Waals surface area contributed by atoms with Gasteiger partial charge in [-0.3, -0.25) is 4.79 Å². The van der Waals surface area contributed by atoms with E-state index >= 15 is 0 Å². The van der Waals surface area contributed by atoms with Crippen LogP contribution in [0, 0.1) is 16.7 Å². The van der Waals surface area contributed by atoms with Gasteiger partial charge in [0.2, 0.25) is 0 Å². The second kappa shape index (κ2) is 3.02. The molecule has 0 aromatic rings. The summed E-state index contributed by atoms with van der Waals surface area (Å²) in [5.41, 5.74) is -1.09. The van der Waals surface area contributed by atoms with Gasteiger partial charge in [0.15, 0.2) is 0 Å². The van der Waals surface area contributed by atoms with Crippen LogP contribution >= 0.6 is 0 Å². The number of hydrogen-bond acceptors (Lipinski definition) is 2. The lowest BCUT2D eigenvalue weighted by Gasteiger charge is -2.14. The summed E-state index contributed by atoms with van der Waals surface area (Å²) in [6.45, 7) is 4.80. The number of carboxylic acid groups (broad SMARTS) is 1. The molecule has 0 radical (unpaired) electrons. The normalized spacial score (nSPS) is 14.8. The molecule has 0 aromatic carbocycles. The Morgan fingerprint density at radius 2 is 2.50 bits per heavy atom. The summed E-state index contributed by atoms with van der Waals surface area (Å²) in [5.74, 6) is -1.01. The Morgan fingerprint density at radius 3 is 2.60 bits per heavy atom. The van der Waals surface area contributed by atoms with E-state index in [0.717, 1.165) is 0 Å². The van der Waals surface area contributed by atoms with E-state index < -0.39 is 11.4 Å². The van der Waals surface area contributed by atoms with E-state index in [1.54, 1.807) is 6.07 Å². The second-order valence-corrected chi connectivity index (χ2v) is 2.26. The molecule has 0 spiro atoms. The summed E-state index contributed by atoms with van der Waals surface area (Å²) in [7, 11) is 0. The Morgan fingerprint density at radius 1 is 2.00 bits per heavy atom. The molecule has 0 aliphatic heterocycles. The minimum Gasteiger partial charge on any atom is -0.481 e. The molecule has 3 nitrogen and oxygen atoms in total. The highest BCUT2D eigenvalue weighted by Gasteiger charge is 2.28. The van der Waals surface area contributed by atoms with Crippen molar-refractivity contribution in [2.75, 3.05) is 0 Å². The molecule has 54 valence electrons. The molecule has 0 saturated heterocycles. The molecule has 3 heteroatoms. The maximum atomic E-state index is 10.4. The SMILES string of the molecule is C=CC(C)(CC#N)C(=O)O. The molecule has 1 N–H and O–H groups in total. The minimum absolute atomic E-state index is 0.0359. The third kappa shape index (κ3) is 1.59. The molecule has 1 atom stereocenters. The van der Waals surface area contributed by atoms with Gasteiger partial charge in [-0.25, -0.2) is 0 Å². The van der Waals surface area contributed by atoms with E-state index in [1.165, 1.54) is 13.0 Å². The van der Waals surface area contributed by atoms with Crippen molar-refractivity contribution >= 4 is 5.97 Å². The zero-order valence-corrected chi connectivity index (χ0v) is 5.79. The highest BCUT2D eigenvalue weighted by molar-refractivity contribution is 5.76. The van der Waals surface area contributed by atoms with Gasteiger partial charge in [0, 0.05) is 0 Å². The monoisotopic (exact) mass is 139 g/mol. The van der Waals surface area contributed by atoms with Crippen LogP contribution in [0.1, 0.15) is 13.3 Å². The first kappa shape index (κ1) is 8.70. The highest BCUT2D eigenvalue weighted by Crippen LogP contribution is 2.21. The van der Waals surface area contributed by atoms with Crippen molar-refractivity contribution in [2.45, 2.75) is 13.3 Å². The number of nitriles is 1. The average Bonchev–Trinajstić information content (AvgIpc) is 1.88. The number of carboxylic acids is 1. The molecule has 0 amide bonds. The van der Waals surface area contributed by atoms with E-state index in [0.29, 0.717) is 0 Å². The van der Waals surface area contributed by atoms with E-state index in [2.05, 4.69) is 6.58 Å². The van der Waals surface area contributed by atoms with Crippen LogP contribution in [-0.2, 0) is 4.79 Å². The number of hydrogen-bond donors (Lipinski definition) is 1. The third-order valence-electron chi connectivity index (χ3n) is 1.39. The minimum atomic E-state index is -1.09. The van der Waals surface area contributed by atoms with Crippen LogP contribution in [0.25, 0.3) is 0 Å². The molecule has 0 heterocycles. The summed E-state index contributed by atoms with van der Waals surface area (Å²) < 4.78 is 0. The summed E-state index contributed by atoms with van der Waals surface area (Å²) in [6.07, 6.45) is 1.24. The lowest BCUT2D eigenvalue weighted by molar-refractivity contribution is -0.144. The van der Waals surface area contributed by atoms with Crippen molar-refractivity contribution in [3.8, 4) is 6.07 Å². The smallest absolute Gasteiger partial charge is 0.314 e. The molecule has 0 saturated carbocycles. The fraction of sp³-hybridized carbons (Fsp3) is 0.429. The van der Waals surface area contributed by atoms with Gasteiger partial charge in [-0.2, -0.15) is 5.26 Å². The van der Waals surface area contributed by atoms with Gasteiger partial charge in [0.05, 0.1) is 17.9 Å². The molecule has 10 heavy (non-hydrogen) atoms. The second-order valence-electron chi connectivity index (χ2n) is 2.26. The molecular weight excluding hydrogens is 130 g/mol. The predicted octanol–water partition coefficient (Wildman–Crippen LogP) is 1.18. The number of rotatable bonds is 3. The number of carbonyl (C=O) groups is 1. The molecule has 0 bridgehead atoms. The van der Waals surface area contributed by atoms with Crippen molar-refractivity contribution in [1.82, 2.24) is 0 Å². The van der Waals surface area contributed by atoms with Gasteiger partial charge in [-0.05, 0) is 6.92 Å². The van der Waals surface area contributed by atoms with Gasteiger partial charge in [-0.1, -0.05) is 6.08 Å². The molecule has 0 aliphatic rings. The Balaban J connectivity index is 4.41. The molecule has 0 rings (SSSR count). The Hall–Kier alpha value is -1.30. The quantitative estimate of drug-likeness (QED) is 0.597. The highest BCUT2D eigenvalue weighted by atomic mass is 16.4. The van der Waals surface area contributed by atoms with Crippen molar-refractivity contribution in [2.24, 2.45) is 5.41 Å². The topological polar surface area (TPSA) is 61.1 Å². The fourth-order valence-electron chi connectivity index (χ4n) is 0.399. The fourth-order valence-corrected chi connectivity index (χ4v) is 0.399. The first-order valence-electron chi connectivity index (χ1n) is 2.81. The van der Waals surface area contributed by atoms with Crippen LogP contribution < -0.4 is 0 Å². The Labute approximate surface area is 59.6 Å². The first-order valence-corrected chi connectivity index (χ1v) is 2.81. The molecule has 1 unspecified atom stereocenters. The maximum absolute atomic E-state index is 10.4. The largest absolute Gasteiger partial charge is 0.481 e.